The number of aryl methyl sites for hydroxylation is 1. The Morgan fingerprint density at radius 3 is 2.53 bits per heavy atom. The molecule has 0 atom stereocenters. The fraction of sp³-hybridized carbons (Fsp3) is 0.357. The fourth-order valence-electron chi connectivity index (χ4n) is 1.31. The summed E-state index contributed by atoms with van der Waals surface area (Å²) in [5.74, 6) is -0.0487. The van der Waals surface area contributed by atoms with Gasteiger partial charge in [0.1, 0.15) is 0 Å². The molecule has 0 saturated carbocycles. The maximum atomic E-state index is 11.4. The van der Waals surface area contributed by atoms with Crippen LogP contribution in [0.15, 0.2) is 30.3 Å². The molecule has 1 aromatic carbocycles. The van der Waals surface area contributed by atoms with Crippen LogP contribution in [-0.4, -0.2) is 38.0 Å². The van der Waals surface area contributed by atoms with Crippen LogP contribution in [-0.2, 0) is 4.79 Å². The molecule has 0 saturated heterocycles. The molecule has 0 fully saturated rings. The minimum atomic E-state index is -0.0487. The number of carbonyl (C=O) groups is 1. The number of likely N-dealkylation sites (N-methyl/N-ethyl adjacent to an activating group) is 1. The van der Waals surface area contributed by atoms with Crippen LogP contribution < -0.4 is 5.32 Å². The van der Waals surface area contributed by atoms with E-state index >= 15 is 0 Å². The van der Waals surface area contributed by atoms with Gasteiger partial charge < -0.3 is 10.2 Å². The lowest BCUT2D eigenvalue weighted by Crippen LogP contribution is -2.30. The van der Waals surface area contributed by atoms with Crippen LogP contribution in [0.1, 0.15) is 11.1 Å². The summed E-state index contributed by atoms with van der Waals surface area (Å²) >= 11 is 0. The Morgan fingerprint density at radius 2 is 1.94 bits per heavy atom. The Kier molecular flexibility index (Phi) is 5.43. The molecule has 0 aliphatic carbocycles. The first kappa shape index (κ1) is 13.5. The minimum Gasteiger partial charge on any atom is -0.351 e. The van der Waals surface area contributed by atoms with Gasteiger partial charge in [0.25, 0.3) is 0 Å². The molecule has 3 nitrogen and oxygen atoms in total. The molecule has 0 heterocycles. The highest BCUT2D eigenvalue weighted by atomic mass is 16.1. The zero-order chi connectivity index (χ0) is 12.7. The minimum absolute atomic E-state index is 0.0487. The van der Waals surface area contributed by atoms with Gasteiger partial charge in [-0.1, -0.05) is 29.8 Å². The van der Waals surface area contributed by atoms with Gasteiger partial charge in [0.05, 0.1) is 0 Å². The van der Waals surface area contributed by atoms with Crippen molar-refractivity contribution in [2.24, 2.45) is 0 Å². The van der Waals surface area contributed by atoms with Crippen molar-refractivity contribution in [2.45, 2.75) is 6.92 Å². The predicted molar refractivity (Wildman–Crippen MR) is 71.8 cm³/mol. The standard InChI is InChI=1S/C14H20N2O/c1-12-4-6-13(7-5-12)8-9-14(17)15-10-11-16(2)3/h4-9H,10-11H2,1-3H3,(H,15,17). The van der Waals surface area contributed by atoms with Gasteiger partial charge in [-0.2, -0.15) is 0 Å². The number of nitrogens with one attached hydrogen (secondary N) is 1. The second kappa shape index (κ2) is 6.86. The van der Waals surface area contributed by atoms with E-state index in [-0.39, 0.29) is 5.91 Å². The SMILES string of the molecule is Cc1ccc(C=CC(=O)NCCN(C)C)cc1. The molecule has 1 N–H and O–H groups in total. The van der Waals surface area contributed by atoms with Crippen molar-refractivity contribution in [2.75, 3.05) is 27.2 Å². The summed E-state index contributed by atoms with van der Waals surface area (Å²) in [6.45, 7) is 3.57. The highest BCUT2D eigenvalue weighted by Gasteiger charge is 1.95. The first-order valence-electron chi connectivity index (χ1n) is 5.75. The third kappa shape index (κ3) is 5.88. The number of carbonyl (C=O) groups excluding carboxylic acids is 1. The van der Waals surface area contributed by atoms with Crippen LogP contribution in [0.2, 0.25) is 0 Å². The quantitative estimate of drug-likeness (QED) is 0.783. The summed E-state index contributed by atoms with van der Waals surface area (Å²) in [7, 11) is 3.96. The van der Waals surface area contributed by atoms with Crippen LogP contribution in [0.4, 0.5) is 0 Å². The number of hydrogen-bond donors (Lipinski definition) is 1. The maximum Gasteiger partial charge on any atom is 0.244 e. The Hall–Kier alpha value is -1.61. The lowest BCUT2D eigenvalue weighted by atomic mass is 10.1. The Morgan fingerprint density at radius 1 is 1.29 bits per heavy atom. The van der Waals surface area contributed by atoms with Crippen LogP contribution in [0.5, 0.6) is 0 Å². The lowest BCUT2D eigenvalue weighted by molar-refractivity contribution is -0.116. The number of benzene rings is 1. The van der Waals surface area contributed by atoms with Crippen molar-refractivity contribution in [3.63, 3.8) is 0 Å². The van der Waals surface area contributed by atoms with Crippen LogP contribution in [0, 0.1) is 6.92 Å². The van der Waals surface area contributed by atoms with Gasteiger partial charge in [0.2, 0.25) is 5.91 Å². The summed E-state index contributed by atoms with van der Waals surface area (Å²) in [5.41, 5.74) is 2.26. The van der Waals surface area contributed by atoms with E-state index < -0.39 is 0 Å². The highest BCUT2D eigenvalue weighted by Crippen LogP contribution is 2.04. The molecule has 17 heavy (non-hydrogen) atoms. The van der Waals surface area contributed by atoms with Crippen molar-refractivity contribution in [1.29, 1.82) is 0 Å². The van der Waals surface area contributed by atoms with Crippen LogP contribution in [0.3, 0.4) is 0 Å². The van der Waals surface area contributed by atoms with Crippen LogP contribution >= 0.6 is 0 Å². The molecule has 1 aromatic rings. The largest absolute Gasteiger partial charge is 0.351 e. The van der Waals surface area contributed by atoms with Gasteiger partial charge in [0.15, 0.2) is 0 Å². The molecule has 92 valence electrons. The van der Waals surface area contributed by atoms with Crippen molar-refractivity contribution >= 4 is 12.0 Å². The molecule has 0 radical (unpaired) electrons. The summed E-state index contributed by atoms with van der Waals surface area (Å²) in [6, 6.07) is 8.06. The molecule has 1 rings (SSSR count). The predicted octanol–water partition coefficient (Wildman–Crippen LogP) is 1.69. The molecule has 1 amide bonds. The van der Waals surface area contributed by atoms with E-state index in [0.717, 1.165) is 12.1 Å². The number of amides is 1. The van der Waals surface area contributed by atoms with E-state index in [1.54, 1.807) is 6.08 Å². The summed E-state index contributed by atoms with van der Waals surface area (Å²) in [4.78, 5) is 13.5. The van der Waals surface area contributed by atoms with E-state index in [1.807, 2.05) is 56.3 Å². The number of rotatable bonds is 5. The fourth-order valence-corrected chi connectivity index (χ4v) is 1.31. The number of hydrogen-bond acceptors (Lipinski definition) is 2. The second-order valence-corrected chi connectivity index (χ2v) is 4.34. The monoisotopic (exact) mass is 232 g/mol. The van der Waals surface area contributed by atoms with E-state index in [1.165, 1.54) is 5.56 Å². The molecule has 0 aromatic heterocycles. The average Bonchev–Trinajstić information content (AvgIpc) is 2.28. The van der Waals surface area contributed by atoms with E-state index in [0.29, 0.717) is 6.54 Å². The topological polar surface area (TPSA) is 32.3 Å². The van der Waals surface area contributed by atoms with Crippen molar-refractivity contribution in [3.8, 4) is 0 Å². The van der Waals surface area contributed by atoms with Gasteiger partial charge >= 0.3 is 0 Å². The molecule has 3 heteroatoms. The Labute approximate surface area is 103 Å². The molecular weight excluding hydrogens is 212 g/mol. The smallest absolute Gasteiger partial charge is 0.244 e. The van der Waals surface area contributed by atoms with E-state index in [4.69, 9.17) is 0 Å². The average molecular weight is 232 g/mol. The van der Waals surface area contributed by atoms with Crippen molar-refractivity contribution < 1.29 is 4.79 Å². The first-order chi connectivity index (χ1) is 8.08. The zero-order valence-electron chi connectivity index (χ0n) is 10.7. The zero-order valence-corrected chi connectivity index (χ0v) is 10.7. The Bertz CT molecular complexity index is 380. The van der Waals surface area contributed by atoms with E-state index in [9.17, 15) is 4.79 Å². The molecule has 0 unspecified atom stereocenters. The molecule has 0 spiro atoms. The van der Waals surface area contributed by atoms with Crippen molar-refractivity contribution in [3.05, 3.63) is 41.5 Å². The van der Waals surface area contributed by atoms with Crippen molar-refractivity contribution in [1.82, 2.24) is 10.2 Å². The van der Waals surface area contributed by atoms with Crippen LogP contribution in [0.25, 0.3) is 6.08 Å². The number of nitrogens with zero attached hydrogens (tertiary/aromatic N) is 1. The summed E-state index contributed by atoms with van der Waals surface area (Å²) in [5, 5.41) is 2.83. The Balaban J connectivity index is 2.37. The van der Waals surface area contributed by atoms with Gasteiger partial charge in [-0.05, 0) is 32.7 Å². The van der Waals surface area contributed by atoms with Gasteiger partial charge in [-0.15, -0.1) is 0 Å². The third-order valence-corrected chi connectivity index (χ3v) is 2.36. The van der Waals surface area contributed by atoms with Gasteiger partial charge in [0, 0.05) is 19.2 Å². The van der Waals surface area contributed by atoms with Gasteiger partial charge in [-0.3, -0.25) is 4.79 Å². The lowest BCUT2D eigenvalue weighted by Gasteiger charge is -2.08. The summed E-state index contributed by atoms with van der Waals surface area (Å²) in [6.07, 6.45) is 3.39. The normalized spacial score (nSPS) is 11.1. The van der Waals surface area contributed by atoms with Gasteiger partial charge in [-0.25, -0.2) is 0 Å². The molecule has 0 bridgehead atoms. The van der Waals surface area contributed by atoms with E-state index in [2.05, 4.69) is 5.32 Å². The molecule has 0 aliphatic heterocycles. The second-order valence-electron chi connectivity index (χ2n) is 4.34. The highest BCUT2D eigenvalue weighted by molar-refractivity contribution is 5.91. The molecule has 0 aliphatic rings. The third-order valence-electron chi connectivity index (χ3n) is 2.36. The molecular formula is C14H20N2O. The summed E-state index contributed by atoms with van der Waals surface area (Å²) < 4.78 is 0. The first-order valence-corrected chi connectivity index (χ1v) is 5.75. The maximum absolute atomic E-state index is 11.4.